The zero-order chi connectivity index (χ0) is 9.52. The van der Waals surface area contributed by atoms with Crippen LogP contribution in [0.25, 0.3) is 0 Å². The van der Waals surface area contributed by atoms with Crippen LogP contribution in [-0.4, -0.2) is 25.5 Å². The number of nitrogens with one attached hydrogen (secondary N) is 2. The molecule has 1 saturated heterocycles. The highest BCUT2D eigenvalue weighted by Crippen LogP contribution is 2.07. The minimum atomic E-state index is 0.225. The minimum absolute atomic E-state index is 0.225. The fourth-order valence-electron chi connectivity index (χ4n) is 1.43. The molecule has 3 heteroatoms. The van der Waals surface area contributed by atoms with Crippen LogP contribution in [0.1, 0.15) is 32.6 Å². The minimum Gasteiger partial charge on any atom is -0.356 e. The fourth-order valence-corrected chi connectivity index (χ4v) is 1.43. The molecule has 0 aromatic carbocycles. The maximum Gasteiger partial charge on any atom is 0.220 e. The molecule has 0 aromatic heterocycles. The van der Waals surface area contributed by atoms with Crippen molar-refractivity contribution >= 4 is 5.91 Å². The Hall–Kier alpha value is -0.570. The number of carbonyl (C=O) groups excluding carboxylic acids is 1. The van der Waals surface area contributed by atoms with E-state index in [1.54, 1.807) is 0 Å². The topological polar surface area (TPSA) is 41.1 Å². The van der Waals surface area contributed by atoms with Crippen LogP contribution < -0.4 is 10.6 Å². The van der Waals surface area contributed by atoms with E-state index in [1.165, 1.54) is 12.8 Å². The number of hydrogen-bond acceptors (Lipinski definition) is 2. The first kappa shape index (κ1) is 10.5. The molecule has 0 unspecified atom stereocenters. The lowest BCUT2D eigenvalue weighted by Crippen LogP contribution is -2.44. The Kier molecular flexibility index (Phi) is 4.83. The molecule has 0 aliphatic carbocycles. The average molecular weight is 184 g/mol. The predicted molar refractivity (Wildman–Crippen MR) is 53.5 cm³/mol. The summed E-state index contributed by atoms with van der Waals surface area (Å²) in [6.45, 7) is 5.05. The Labute approximate surface area is 80.3 Å². The van der Waals surface area contributed by atoms with E-state index >= 15 is 0 Å². The number of carbonyl (C=O) groups is 1. The molecule has 1 rings (SSSR count). The van der Waals surface area contributed by atoms with E-state index in [2.05, 4.69) is 17.6 Å². The Morgan fingerprint density at radius 1 is 1.46 bits per heavy atom. The summed E-state index contributed by atoms with van der Waals surface area (Å²) in [5.41, 5.74) is 0. The third-order valence-electron chi connectivity index (χ3n) is 2.44. The monoisotopic (exact) mass is 184 g/mol. The molecule has 13 heavy (non-hydrogen) atoms. The summed E-state index contributed by atoms with van der Waals surface area (Å²) >= 11 is 0. The zero-order valence-electron chi connectivity index (χ0n) is 8.44. The fraction of sp³-hybridized carbons (Fsp3) is 0.900. The van der Waals surface area contributed by atoms with E-state index in [0.29, 0.717) is 12.3 Å². The summed E-state index contributed by atoms with van der Waals surface area (Å²) < 4.78 is 0. The van der Waals surface area contributed by atoms with Gasteiger partial charge in [0.2, 0.25) is 5.91 Å². The summed E-state index contributed by atoms with van der Waals surface area (Å²) in [5, 5.41) is 6.11. The molecule has 1 amide bonds. The summed E-state index contributed by atoms with van der Waals surface area (Å²) in [6.07, 6.45) is 4.25. The van der Waals surface area contributed by atoms with E-state index in [1.807, 2.05) is 0 Å². The van der Waals surface area contributed by atoms with Crippen LogP contribution in [0.5, 0.6) is 0 Å². The van der Waals surface area contributed by atoms with Crippen molar-refractivity contribution in [1.29, 1.82) is 0 Å². The molecule has 0 atom stereocenters. The van der Waals surface area contributed by atoms with E-state index in [9.17, 15) is 4.79 Å². The maximum atomic E-state index is 11.3. The van der Waals surface area contributed by atoms with Gasteiger partial charge in [-0.3, -0.25) is 4.79 Å². The molecule has 0 bridgehead atoms. The highest BCUT2D eigenvalue weighted by Gasteiger charge is 2.19. The lowest BCUT2D eigenvalue weighted by molar-refractivity contribution is -0.122. The largest absolute Gasteiger partial charge is 0.356 e. The molecule has 3 nitrogen and oxygen atoms in total. The molecule has 2 N–H and O–H groups in total. The van der Waals surface area contributed by atoms with Crippen molar-refractivity contribution in [2.45, 2.75) is 32.6 Å². The molecule has 0 spiro atoms. The van der Waals surface area contributed by atoms with Crippen molar-refractivity contribution in [1.82, 2.24) is 10.6 Å². The molecular formula is C10H20N2O. The quantitative estimate of drug-likeness (QED) is 0.602. The summed E-state index contributed by atoms with van der Waals surface area (Å²) in [4.78, 5) is 11.3. The first-order valence-corrected chi connectivity index (χ1v) is 5.30. The Bertz CT molecular complexity index is 155. The molecule has 1 heterocycles. The van der Waals surface area contributed by atoms with Gasteiger partial charge in [0.15, 0.2) is 0 Å². The van der Waals surface area contributed by atoms with Gasteiger partial charge in [-0.2, -0.15) is 0 Å². The van der Waals surface area contributed by atoms with Gasteiger partial charge >= 0.3 is 0 Å². The normalized spacial score (nSPS) is 16.7. The molecule has 76 valence electrons. The van der Waals surface area contributed by atoms with Gasteiger partial charge in [0, 0.05) is 13.0 Å². The van der Waals surface area contributed by atoms with Gasteiger partial charge in [0.25, 0.3) is 0 Å². The second-order valence-corrected chi connectivity index (χ2v) is 3.79. The molecular weight excluding hydrogens is 164 g/mol. The molecule has 0 saturated carbocycles. The molecule has 1 aliphatic heterocycles. The molecule has 1 aliphatic rings. The maximum absolute atomic E-state index is 11.3. The zero-order valence-corrected chi connectivity index (χ0v) is 8.44. The Morgan fingerprint density at radius 3 is 2.77 bits per heavy atom. The van der Waals surface area contributed by atoms with Crippen molar-refractivity contribution in [2.24, 2.45) is 5.92 Å². The number of rotatable bonds is 6. The number of hydrogen-bond donors (Lipinski definition) is 2. The summed E-state index contributed by atoms with van der Waals surface area (Å²) in [7, 11) is 0. The molecule has 1 fully saturated rings. The number of unbranched alkanes of at least 4 members (excludes halogenated alkanes) is 2. The van der Waals surface area contributed by atoms with Crippen LogP contribution in [0.15, 0.2) is 0 Å². The second-order valence-electron chi connectivity index (χ2n) is 3.79. The Morgan fingerprint density at radius 2 is 2.23 bits per heavy atom. The van der Waals surface area contributed by atoms with Gasteiger partial charge in [-0.05, 0) is 25.4 Å². The Balaban J connectivity index is 1.91. The van der Waals surface area contributed by atoms with Crippen LogP contribution >= 0.6 is 0 Å². The van der Waals surface area contributed by atoms with E-state index in [-0.39, 0.29) is 5.91 Å². The molecule has 0 aromatic rings. The van der Waals surface area contributed by atoms with Crippen LogP contribution in [0.3, 0.4) is 0 Å². The second kappa shape index (κ2) is 5.97. The summed E-state index contributed by atoms with van der Waals surface area (Å²) in [5.74, 6) is 0.814. The van der Waals surface area contributed by atoms with Gasteiger partial charge < -0.3 is 10.6 Å². The van der Waals surface area contributed by atoms with Gasteiger partial charge in [-0.25, -0.2) is 0 Å². The molecule has 0 radical (unpaired) electrons. The predicted octanol–water partition coefficient (Wildman–Crippen LogP) is 0.902. The number of amides is 1. The van der Waals surface area contributed by atoms with Gasteiger partial charge in [-0.15, -0.1) is 0 Å². The van der Waals surface area contributed by atoms with Crippen molar-refractivity contribution < 1.29 is 4.79 Å². The smallest absolute Gasteiger partial charge is 0.220 e. The third kappa shape index (κ3) is 4.27. The van der Waals surface area contributed by atoms with Crippen molar-refractivity contribution in [3.8, 4) is 0 Å². The van der Waals surface area contributed by atoms with E-state index in [4.69, 9.17) is 0 Å². The van der Waals surface area contributed by atoms with Crippen LogP contribution in [-0.2, 0) is 4.79 Å². The lowest BCUT2D eigenvalue weighted by atomic mass is 9.99. The lowest BCUT2D eigenvalue weighted by Gasteiger charge is -2.26. The van der Waals surface area contributed by atoms with Crippen molar-refractivity contribution in [2.75, 3.05) is 19.6 Å². The summed E-state index contributed by atoms with van der Waals surface area (Å²) in [6, 6.07) is 0. The van der Waals surface area contributed by atoms with Crippen LogP contribution in [0.2, 0.25) is 0 Å². The highest BCUT2D eigenvalue weighted by atomic mass is 16.1. The first-order chi connectivity index (χ1) is 6.33. The third-order valence-corrected chi connectivity index (χ3v) is 2.44. The average Bonchev–Trinajstić information content (AvgIpc) is 2.06. The van der Waals surface area contributed by atoms with Crippen LogP contribution in [0, 0.1) is 5.92 Å². The van der Waals surface area contributed by atoms with E-state index < -0.39 is 0 Å². The first-order valence-electron chi connectivity index (χ1n) is 5.30. The van der Waals surface area contributed by atoms with Crippen molar-refractivity contribution in [3.05, 3.63) is 0 Å². The highest BCUT2D eigenvalue weighted by molar-refractivity contribution is 5.76. The van der Waals surface area contributed by atoms with Crippen LogP contribution in [0.4, 0.5) is 0 Å². The van der Waals surface area contributed by atoms with Gasteiger partial charge in [0.1, 0.15) is 0 Å². The standard InChI is InChI=1S/C10H20N2O/c1-2-3-4-5-12-10(13)6-9-7-11-8-9/h9,11H,2-8H2,1H3,(H,12,13). The van der Waals surface area contributed by atoms with E-state index in [0.717, 1.165) is 26.1 Å². The SMILES string of the molecule is CCCCCNC(=O)CC1CNC1. The van der Waals surface area contributed by atoms with Crippen molar-refractivity contribution in [3.63, 3.8) is 0 Å². The van der Waals surface area contributed by atoms with Gasteiger partial charge in [-0.1, -0.05) is 19.8 Å². The van der Waals surface area contributed by atoms with Gasteiger partial charge in [0.05, 0.1) is 0 Å².